The first-order chi connectivity index (χ1) is 7.27. The zero-order valence-electron chi connectivity index (χ0n) is 8.14. The molecule has 3 nitrogen and oxygen atoms in total. The molecule has 1 amide bonds. The maximum atomic E-state index is 11.7. The number of nitrogens with zero attached hydrogens (tertiary/aromatic N) is 1. The van der Waals surface area contributed by atoms with Crippen molar-refractivity contribution in [3.63, 3.8) is 0 Å². The van der Waals surface area contributed by atoms with E-state index in [9.17, 15) is 4.79 Å². The van der Waals surface area contributed by atoms with E-state index < -0.39 is 0 Å². The van der Waals surface area contributed by atoms with Gasteiger partial charge >= 0.3 is 0 Å². The predicted octanol–water partition coefficient (Wildman–Crippen LogP) is 2.70. The lowest BCUT2D eigenvalue weighted by atomic mass is 10.3. The molecule has 78 valence electrons. The fourth-order valence-corrected chi connectivity index (χ4v) is 2.46. The van der Waals surface area contributed by atoms with Crippen molar-refractivity contribution in [2.45, 2.75) is 13.0 Å². The second-order valence-electron chi connectivity index (χ2n) is 3.04. The molecular weight excluding hydrogens is 228 g/mol. The van der Waals surface area contributed by atoms with Crippen LogP contribution in [0.1, 0.15) is 27.6 Å². The van der Waals surface area contributed by atoms with Crippen LogP contribution in [0, 0.1) is 0 Å². The molecule has 2 heterocycles. The van der Waals surface area contributed by atoms with Gasteiger partial charge in [0.05, 0.1) is 10.9 Å². The number of carbonyl (C=O) groups excluding carboxylic acids is 1. The first-order valence-corrected chi connectivity index (χ1v) is 6.27. The summed E-state index contributed by atoms with van der Waals surface area (Å²) in [5.41, 5.74) is 0. The Kier molecular flexibility index (Phi) is 3.13. The van der Waals surface area contributed by atoms with Crippen molar-refractivity contribution in [1.82, 2.24) is 10.3 Å². The molecule has 0 saturated heterocycles. The molecule has 15 heavy (non-hydrogen) atoms. The monoisotopic (exact) mass is 238 g/mol. The molecular formula is C10H10N2OS2. The van der Waals surface area contributed by atoms with Crippen LogP contribution in [0.5, 0.6) is 0 Å². The molecule has 1 N–H and O–H groups in total. The molecule has 0 fully saturated rings. The van der Waals surface area contributed by atoms with Crippen molar-refractivity contribution < 1.29 is 4.79 Å². The Labute approximate surface area is 95.8 Å². The van der Waals surface area contributed by atoms with Crippen LogP contribution in [0.15, 0.2) is 29.1 Å². The van der Waals surface area contributed by atoms with E-state index in [0.717, 1.165) is 9.88 Å². The van der Waals surface area contributed by atoms with Crippen LogP contribution in [0.2, 0.25) is 0 Å². The Bertz CT molecular complexity index is 422. The van der Waals surface area contributed by atoms with Gasteiger partial charge in [0.1, 0.15) is 5.01 Å². The van der Waals surface area contributed by atoms with Crippen LogP contribution in [-0.2, 0) is 0 Å². The van der Waals surface area contributed by atoms with E-state index in [4.69, 9.17) is 0 Å². The van der Waals surface area contributed by atoms with Gasteiger partial charge in [-0.15, -0.1) is 22.7 Å². The van der Waals surface area contributed by atoms with E-state index in [1.807, 2.05) is 29.8 Å². The molecule has 2 rings (SSSR count). The molecule has 0 radical (unpaired) electrons. The third-order valence-corrected chi connectivity index (χ3v) is 3.74. The maximum Gasteiger partial charge on any atom is 0.261 e. The largest absolute Gasteiger partial charge is 0.342 e. The topological polar surface area (TPSA) is 42.0 Å². The number of rotatable bonds is 3. The average Bonchev–Trinajstić information content (AvgIpc) is 2.91. The van der Waals surface area contributed by atoms with Gasteiger partial charge in [-0.3, -0.25) is 4.79 Å². The summed E-state index contributed by atoms with van der Waals surface area (Å²) in [5, 5.41) is 7.63. The minimum Gasteiger partial charge on any atom is -0.342 e. The van der Waals surface area contributed by atoms with E-state index in [1.54, 1.807) is 17.5 Å². The highest BCUT2D eigenvalue weighted by Gasteiger charge is 2.13. The number of amides is 1. The summed E-state index contributed by atoms with van der Waals surface area (Å²) in [6.07, 6.45) is 1.74. The number of nitrogens with one attached hydrogen (secondary N) is 1. The summed E-state index contributed by atoms with van der Waals surface area (Å²) >= 11 is 2.99. The third kappa shape index (κ3) is 2.43. The summed E-state index contributed by atoms with van der Waals surface area (Å²) in [6, 6.07) is 3.65. The predicted molar refractivity (Wildman–Crippen MR) is 62.3 cm³/mol. The van der Waals surface area contributed by atoms with Gasteiger partial charge in [-0.2, -0.15) is 0 Å². The summed E-state index contributed by atoms with van der Waals surface area (Å²) in [4.78, 5) is 16.6. The van der Waals surface area contributed by atoms with Gasteiger partial charge < -0.3 is 5.32 Å². The van der Waals surface area contributed by atoms with Crippen LogP contribution in [-0.4, -0.2) is 10.9 Å². The Balaban J connectivity index is 2.01. The number of hydrogen-bond acceptors (Lipinski definition) is 4. The molecule has 0 spiro atoms. The van der Waals surface area contributed by atoms with Gasteiger partial charge in [-0.25, -0.2) is 4.98 Å². The van der Waals surface area contributed by atoms with Gasteiger partial charge in [0, 0.05) is 11.6 Å². The molecule has 0 aliphatic heterocycles. The first-order valence-electron chi connectivity index (χ1n) is 4.51. The second-order valence-corrected chi connectivity index (χ2v) is 4.92. The Morgan fingerprint density at radius 2 is 2.33 bits per heavy atom. The zero-order valence-corrected chi connectivity index (χ0v) is 9.77. The van der Waals surface area contributed by atoms with E-state index in [1.165, 1.54) is 11.3 Å². The maximum absolute atomic E-state index is 11.7. The van der Waals surface area contributed by atoms with E-state index >= 15 is 0 Å². The standard InChI is InChI=1S/C10H10N2OS2/c1-7(10-11-4-6-15-10)12-9(13)8-3-2-5-14-8/h2-7H,1H3,(H,12,13). The molecule has 2 aromatic rings. The summed E-state index contributed by atoms with van der Waals surface area (Å²) in [5.74, 6) is -0.0345. The number of hydrogen-bond donors (Lipinski definition) is 1. The molecule has 0 aliphatic rings. The Morgan fingerprint density at radius 3 is 2.93 bits per heavy atom. The van der Waals surface area contributed by atoms with E-state index in [2.05, 4.69) is 10.3 Å². The van der Waals surface area contributed by atoms with Crippen LogP contribution in [0.25, 0.3) is 0 Å². The molecule has 1 atom stereocenters. The summed E-state index contributed by atoms with van der Waals surface area (Å²) < 4.78 is 0. The molecule has 5 heteroatoms. The molecule has 2 aromatic heterocycles. The van der Waals surface area contributed by atoms with Gasteiger partial charge in [-0.1, -0.05) is 6.07 Å². The number of thiophene rings is 1. The van der Waals surface area contributed by atoms with Crippen LogP contribution >= 0.6 is 22.7 Å². The highest BCUT2D eigenvalue weighted by atomic mass is 32.1. The van der Waals surface area contributed by atoms with Gasteiger partial charge in [0.15, 0.2) is 0 Å². The fourth-order valence-electron chi connectivity index (χ4n) is 1.19. The third-order valence-electron chi connectivity index (χ3n) is 1.91. The summed E-state index contributed by atoms with van der Waals surface area (Å²) in [7, 11) is 0. The smallest absolute Gasteiger partial charge is 0.261 e. The lowest BCUT2D eigenvalue weighted by Crippen LogP contribution is -2.25. The molecule has 0 bridgehead atoms. The number of carbonyl (C=O) groups is 1. The van der Waals surface area contributed by atoms with Crippen LogP contribution in [0.4, 0.5) is 0 Å². The molecule has 0 saturated carbocycles. The van der Waals surface area contributed by atoms with Crippen molar-refractivity contribution in [2.75, 3.05) is 0 Å². The Hall–Kier alpha value is -1.20. The average molecular weight is 238 g/mol. The van der Waals surface area contributed by atoms with E-state index in [0.29, 0.717) is 0 Å². The van der Waals surface area contributed by atoms with Crippen molar-refractivity contribution in [3.05, 3.63) is 39.0 Å². The van der Waals surface area contributed by atoms with Crippen molar-refractivity contribution in [1.29, 1.82) is 0 Å². The minimum absolute atomic E-state index is 0.0281. The lowest BCUT2D eigenvalue weighted by molar-refractivity contribution is 0.0944. The van der Waals surface area contributed by atoms with Crippen molar-refractivity contribution >= 4 is 28.6 Å². The van der Waals surface area contributed by atoms with Crippen molar-refractivity contribution in [2.24, 2.45) is 0 Å². The van der Waals surface area contributed by atoms with Gasteiger partial charge in [-0.05, 0) is 18.4 Å². The second kappa shape index (κ2) is 4.55. The van der Waals surface area contributed by atoms with E-state index in [-0.39, 0.29) is 11.9 Å². The normalized spacial score (nSPS) is 12.3. The SMILES string of the molecule is CC(NC(=O)c1cccs1)c1nccs1. The van der Waals surface area contributed by atoms with Crippen LogP contribution < -0.4 is 5.32 Å². The summed E-state index contributed by atoms with van der Waals surface area (Å²) in [6.45, 7) is 1.93. The lowest BCUT2D eigenvalue weighted by Gasteiger charge is -2.09. The quantitative estimate of drug-likeness (QED) is 0.893. The van der Waals surface area contributed by atoms with Crippen molar-refractivity contribution in [3.8, 4) is 0 Å². The fraction of sp³-hybridized carbons (Fsp3) is 0.200. The van der Waals surface area contributed by atoms with Gasteiger partial charge in [0.25, 0.3) is 5.91 Å². The molecule has 0 aliphatic carbocycles. The Morgan fingerprint density at radius 1 is 1.47 bits per heavy atom. The zero-order chi connectivity index (χ0) is 10.7. The minimum atomic E-state index is -0.0345. The highest BCUT2D eigenvalue weighted by Crippen LogP contribution is 2.16. The molecule has 1 unspecified atom stereocenters. The highest BCUT2D eigenvalue weighted by molar-refractivity contribution is 7.12. The molecule has 0 aromatic carbocycles. The first kappa shape index (κ1) is 10.3. The van der Waals surface area contributed by atoms with Gasteiger partial charge in [0.2, 0.25) is 0 Å². The van der Waals surface area contributed by atoms with Crippen LogP contribution in [0.3, 0.4) is 0 Å². The number of thiazole rings is 1. The number of aromatic nitrogens is 1.